The fourth-order valence-electron chi connectivity index (χ4n) is 1.53. The summed E-state index contributed by atoms with van der Waals surface area (Å²) in [5.74, 6) is -0.712. The molecule has 2 nitrogen and oxygen atoms in total. The number of rotatable bonds is 6. The van der Waals surface area contributed by atoms with Crippen LogP contribution < -0.4 is 5.73 Å². The van der Waals surface area contributed by atoms with Crippen LogP contribution in [0.15, 0.2) is 24.3 Å². The van der Waals surface area contributed by atoms with Crippen LogP contribution in [0.3, 0.4) is 0 Å². The van der Waals surface area contributed by atoms with Gasteiger partial charge >= 0.3 is 6.18 Å². The second-order valence-electron chi connectivity index (χ2n) is 4.03. The first-order valence-electron chi connectivity index (χ1n) is 5.50. The first-order valence-corrected chi connectivity index (χ1v) is 5.50. The molecule has 0 spiro atoms. The van der Waals surface area contributed by atoms with E-state index in [9.17, 15) is 17.6 Å². The van der Waals surface area contributed by atoms with Crippen LogP contribution >= 0.6 is 0 Å². The van der Waals surface area contributed by atoms with Crippen molar-refractivity contribution < 1.29 is 22.3 Å². The highest BCUT2D eigenvalue weighted by atomic mass is 19.4. The maximum atomic E-state index is 13.3. The fraction of sp³-hybridized carbons (Fsp3) is 0.500. The van der Waals surface area contributed by atoms with Crippen molar-refractivity contribution in [1.82, 2.24) is 0 Å². The molecule has 1 unspecified atom stereocenters. The van der Waals surface area contributed by atoms with E-state index in [2.05, 4.69) is 4.74 Å². The van der Waals surface area contributed by atoms with Gasteiger partial charge in [0, 0.05) is 0 Å². The first kappa shape index (κ1) is 14.9. The number of hydrogen-bond donors (Lipinski definition) is 1. The molecule has 1 aromatic carbocycles. The molecule has 1 rings (SSSR count). The molecular formula is C12H15F4NO. The highest BCUT2D eigenvalue weighted by Crippen LogP contribution is 2.16. The lowest BCUT2D eigenvalue weighted by Crippen LogP contribution is -2.26. The number of benzene rings is 1. The molecule has 1 aromatic rings. The van der Waals surface area contributed by atoms with Crippen molar-refractivity contribution in [3.63, 3.8) is 0 Å². The molecule has 102 valence electrons. The van der Waals surface area contributed by atoms with E-state index in [-0.39, 0.29) is 31.3 Å². The topological polar surface area (TPSA) is 35.2 Å². The largest absolute Gasteiger partial charge is 0.411 e. The summed E-state index contributed by atoms with van der Waals surface area (Å²) in [5.41, 5.74) is 5.87. The van der Waals surface area contributed by atoms with Crippen LogP contribution in [0.4, 0.5) is 17.6 Å². The molecular weight excluding hydrogens is 250 g/mol. The predicted octanol–water partition coefficient (Wildman–Crippen LogP) is 2.52. The van der Waals surface area contributed by atoms with E-state index >= 15 is 0 Å². The Balaban J connectivity index is 2.45. The van der Waals surface area contributed by atoms with Crippen LogP contribution in [-0.4, -0.2) is 25.9 Å². The molecule has 0 aliphatic rings. The van der Waals surface area contributed by atoms with E-state index in [4.69, 9.17) is 5.73 Å². The second kappa shape index (κ2) is 6.70. The minimum atomic E-state index is -4.35. The average molecular weight is 265 g/mol. The molecule has 0 aromatic heterocycles. The Morgan fingerprint density at radius 1 is 1.22 bits per heavy atom. The van der Waals surface area contributed by atoms with E-state index in [1.165, 1.54) is 6.07 Å². The van der Waals surface area contributed by atoms with Crippen molar-refractivity contribution in [1.29, 1.82) is 0 Å². The highest BCUT2D eigenvalue weighted by molar-refractivity contribution is 5.17. The van der Waals surface area contributed by atoms with Gasteiger partial charge in [-0.2, -0.15) is 13.2 Å². The van der Waals surface area contributed by atoms with Gasteiger partial charge in [-0.05, 0) is 30.5 Å². The maximum Gasteiger partial charge on any atom is 0.411 e. The minimum Gasteiger partial charge on any atom is -0.372 e. The van der Waals surface area contributed by atoms with E-state index in [0.29, 0.717) is 5.56 Å². The van der Waals surface area contributed by atoms with Crippen LogP contribution in [0.25, 0.3) is 0 Å². The van der Waals surface area contributed by atoms with Crippen molar-refractivity contribution >= 4 is 0 Å². The molecule has 18 heavy (non-hydrogen) atoms. The zero-order valence-electron chi connectivity index (χ0n) is 9.71. The number of alkyl halides is 3. The third-order valence-corrected chi connectivity index (χ3v) is 2.42. The van der Waals surface area contributed by atoms with Crippen molar-refractivity contribution in [2.45, 2.75) is 12.6 Å². The van der Waals surface area contributed by atoms with Gasteiger partial charge in [0.25, 0.3) is 0 Å². The monoisotopic (exact) mass is 265 g/mol. The van der Waals surface area contributed by atoms with Crippen LogP contribution in [0.5, 0.6) is 0 Å². The Morgan fingerprint density at radius 3 is 2.44 bits per heavy atom. The Kier molecular flexibility index (Phi) is 5.55. The van der Waals surface area contributed by atoms with Gasteiger partial charge < -0.3 is 10.5 Å². The van der Waals surface area contributed by atoms with Gasteiger partial charge in [-0.1, -0.05) is 18.2 Å². The van der Waals surface area contributed by atoms with Gasteiger partial charge in [-0.25, -0.2) is 4.39 Å². The summed E-state index contributed by atoms with van der Waals surface area (Å²) >= 11 is 0. The summed E-state index contributed by atoms with van der Waals surface area (Å²) in [6.45, 7) is -1.29. The number of halogens is 4. The van der Waals surface area contributed by atoms with Crippen molar-refractivity contribution in [3.8, 4) is 0 Å². The summed E-state index contributed by atoms with van der Waals surface area (Å²) in [5, 5.41) is 0. The number of nitrogens with two attached hydrogens (primary N) is 1. The van der Waals surface area contributed by atoms with E-state index in [1.807, 2.05) is 0 Å². The number of ether oxygens (including phenoxy) is 1. The molecule has 2 N–H and O–H groups in total. The third-order valence-electron chi connectivity index (χ3n) is 2.42. The lowest BCUT2D eigenvalue weighted by molar-refractivity contribution is -0.176. The van der Waals surface area contributed by atoms with Gasteiger partial charge in [-0.15, -0.1) is 0 Å². The van der Waals surface area contributed by atoms with Crippen molar-refractivity contribution in [3.05, 3.63) is 35.6 Å². The minimum absolute atomic E-state index is 0.135. The van der Waals surface area contributed by atoms with Crippen LogP contribution in [-0.2, 0) is 11.2 Å². The maximum absolute atomic E-state index is 13.3. The molecule has 0 bridgehead atoms. The molecule has 0 saturated heterocycles. The Labute approximate surface area is 103 Å². The zero-order chi connectivity index (χ0) is 13.6. The zero-order valence-corrected chi connectivity index (χ0v) is 9.71. The van der Waals surface area contributed by atoms with Gasteiger partial charge in [0.2, 0.25) is 0 Å². The Hall–Kier alpha value is -1.14. The summed E-state index contributed by atoms with van der Waals surface area (Å²) in [6.07, 6.45) is -4.09. The van der Waals surface area contributed by atoms with Gasteiger partial charge in [-0.3, -0.25) is 0 Å². The van der Waals surface area contributed by atoms with E-state index < -0.39 is 12.8 Å². The summed E-state index contributed by atoms with van der Waals surface area (Å²) in [7, 11) is 0. The molecule has 0 fully saturated rings. The van der Waals surface area contributed by atoms with Crippen molar-refractivity contribution in [2.75, 3.05) is 19.8 Å². The quantitative estimate of drug-likeness (QED) is 0.802. The Morgan fingerprint density at radius 2 is 1.89 bits per heavy atom. The summed E-state index contributed by atoms with van der Waals surface area (Å²) < 4.78 is 53.5. The fourth-order valence-corrected chi connectivity index (χ4v) is 1.53. The molecule has 0 amide bonds. The van der Waals surface area contributed by atoms with Gasteiger partial charge in [0.05, 0.1) is 6.61 Å². The molecule has 0 aliphatic heterocycles. The molecule has 0 heterocycles. The molecule has 6 heteroatoms. The molecule has 0 aliphatic carbocycles. The normalized spacial score (nSPS) is 13.6. The molecule has 0 radical (unpaired) electrons. The van der Waals surface area contributed by atoms with E-state index in [1.54, 1.807) is 18.2 Å². The first-order chi connectivity index (χ1) is 8.42. The van der Waals surface area contributed by atoms with Crippen LogP contribution in [0, 0.1) is 11.7 Å². The standard InChI is InChI=1S/C12H15F4NO/c13-11-4-2-1-3-10(11)5-9(6-17)7-18-8-12(14,15)16/h1-4,9H,5-8,17H2. The lowest BCUT2D eigenvalue weighted by Gasteiger charge is -2.16. The highest BCUT2D eigenvalue weighted by Gasteiger charge is 2.27. The number of hydrogen-bond acceptors (Lipinski definition) is 2. The predicted molar refractivity (Wildman–Crippen MR) is 59.5 cm³/mol. The molecule has 1 atom stereocenters. The SMILES string of the molecule is NCC(COCC(F)(F)F)Cc1ccccc1F. The lowest BCUT2D eigenvalue weighted by atomic mass is 10.00. The van der Waals surface area contributed by atoms with E-state index in [0.717, 1.165) is 0 Å². The van der Waals surface area contributed by atoms with Gasteiger partial charge in [0.1, 0.15) is 12.4 Å². The summed E-state index contributed by atoms with van der Waals surface area (Å²) in [6, 6.07) is 6.11. The summed E-state index contributed by atoms with van der Waals surface area (Å²) in [4.78, 5) is 0. The van der Waals surface area contributed by atoms with Crippen LogP contribution in [0.1, 0.15) is 5.56 Å². The smallest absolute Gasteiger partial charge is 0.372 e. The van der Waals surface area contributed by atoms with Crippen LogP contribution in [0.2, 0.25) is 0 Å². The molecule has 0 saturated carbocycles. The average Bonchev–Trinajstić information content (AvgIpc) is 2.29. The Bertz CT molecular complexity index is 367. The van der Waals surface area contributed by atoms with Gasteiger partial charge in [0.15, 0.2) is 0 Å². The van der Waals surface area contributed by atoms with Crippen molar-refractivity contribution in [2.24, 2.45) is 11.7 Å². The second-order valence-corrected chi connectivity index (χ2v) is 4.03. The third kappa shape index (κ3) is 5.46.